The van der Waals surface area contributed by atoms with Gasteiger partial charge in [0.2, 0.25) is 0 Å². The molecule has 0 aromatic heterocycles. The lowest BCUT2D eigenvalue weighted by Crippen LogP contribution is -2.49. The maximum atomic E-state index is 12.9. The average molecular weight is 475 g/mol. The second-order valence-corrected chi connectivity index (χ2v) is 6.95. The van der Waals surface area contributed by atoms with Gasteiger partial charge in [0.05, 0.1) is 23.2 Å². The third-order valence-electron chi connectivity index (χ3n) is 5.04. The van der Waals surface area contributed by atoms with Crippen LogP contribution in [0.5, 0.6) is 11.5 Å². The molecular weight excluding hydrogens is 457 g/mol. The number of amides is 1. The van der Waals surface area contributed by atoms with Crippen LogP contribution in [-0.2, 0) is 6.18 Å². The quantitative estimate of drug-likeness (QED) is 0.354. The number of methoxy groups -OCH3 is 1. The minimum absolute atomic E-state index is 0.0109. The first-order chi connectivity index (χ1) is 15.5. The van der Waals surface area contributed by atoms with Crippen LogP contribution in [0.2, 0.25) is 0 Å². The van der Waals surface area contributed by atoms with Crippen molar-refractivity contribution in [1.29, 1.82) is 0 Å². The van der Waals surface area contributed by atoms with E-state index in [1.54, 1.807) is 0 Å². The highest BCUT2D eigenvalue weighted by Crippen LogP contribution is 2.37. The fraction of sp³-hybridized carbons (Fsp3) is 0.350. The van der Waals surface area contributed by atoms with E-state index in [1.807, 2.05) is 0 Å². The first-order valence-electron chi connectivity index (χ1n) is 9.54. The maximum Gasteiger partial charge on any atom is 0.416 e. The van der Waals surface area contributed by atoms with Gasteiger partial charge < -0.3 is 19.3 Å². The Morgan fingerprint density at radius 1 is 1.12 bits per heavy atom. The van der Waals surface area contributed by atoms with Gasteiger partial charge in [0.25, 0.3) is 11.6 Å². The van der Waals surface area contributed by atoms with Crippen molar-refractivity contribution in [3.05, 3.63) is 57.6 Å². The minimum Gasteiger partial charge on any atom is -0.493 e. The van der Waals surface area contributed by atoms with Crippen LogP contribution in [0, 0.1) is 10.1 Å². The molecule has 0 bridgehead atoms. The number of nitro groups is 1. The van der Waals surface area contributed by atoms with E-state index in [0.29, 0.717) is 6.07 Å². The van der Waals surface area contributed by atoms with Crippen molar-refractivity contribution >= 4 is 17.3 Å². The molecule has 2 aromatic rings. The number of para-hydroxylation sites is 1. The van der Waals surface area contributed by atoms with Crippen molar-refractivity contribution in [2.45, 2.75) is 12.8 Å². The predicted octanol–water partition coefficient (Wildman–Crippen LogP) is 4.19. The number of hydrogen-bond acceptors (Lipinski definition) is 6. The molecule has 0 N–H and O–H groups in total. The van der Waals surface area contributed by atoms with Gasteiger partial charge in [0.1, 0.15) is 5.69 Å². The third kappa shape index (κ3) is 5.23. The van der Waals surface area contributed by atoms with Gasteiger partial charge >= 0.3 is 12.8 Å². The highest BCUT2D eigenvalue weighted by Gasteiger charge is 2.35. The average Bonchev–Trinajstić information content (AvgIpc) is 2.77. The molecule has 1 saturated heterocycles. The molecule has 8 nitrogen and oxygen atoms in total. The van der Waals surface area contributed by atoms with Crippen LogP contribution >= 0.6 is 0 Å². The number of nitrogens with zero attached hydrogens (tertiary/aromatic N) is 3. The van der Waals surface area contributed by atoms with Crippen LogP contribution in [0.25, 0.3) is 0 Å². The number of piperazine rings is 1. The summed E-state index contributed by atoms with van der Waals surface area (Å²) < 4.78 is 73.9. The van der Waals surface area contributed by atoms with E-state index >= 15 is 0 Å². The van der Waals surface area contributed by atoms with Gasteiger partial charge in [0.15, 0.2) is 11.5 Å². The van der Waals surface area contributed by atoms with Gasteiger partial charge in [-0.3, -0.25) is 14.9 Å². The number of ether oxygens (including phenoxy) is 2. The number of hydrogen-bond donors (Lipinski definition) is 0. The molecule has 1 aliphatic rings. The van der Waals surface area contributed by atoms with Gasteiger partial charge in [-0.05, 0) is 24.3 Å². The summed E-state index contributed by atoms with van der Waals surface area (Å²) >= 11 is 0. The highest BCUT2D eigenvalue weighted by atomic mass is 19.4. The SMILES string of the molecule is COc1cccc(C(=O)N2CCN(c3ccc(C(F)(F)F)cc3[N+](=O)[O-])CC2)c1OC(F)F. The van der Waals surface area contributed by atoms with Crippen LogP contribution in [0.15, 0.2) is 36.4 Å². The molecule has 0 atom stereocenters. The molecular formula is C20H18F5N3O5. The Hall–Kier alpha value is -3.64. The lowest BCUT2D eigenvalue weighted by atomic mass is 10.1. The zero-order valence-corrected chi connectivity index (χ0v) is 17.1. The molecule has 0 spiro atoms. The van der Waals surface area contributed by atoms with E-state index in [0.717, 1.165) is 12.1 Å². The van der Waals surface area contributed by atoms with E-state index < -0.39 is 40.6 Å². The Bertz CT molecular complexity index is 1040. The number of carbonyl (C=O) groups excluding carboxylic acids is 1. The van der Waals surface area contributed by atoms with Crippen molar-refractivity contribution in [2.75, 3.05) is 38.2 Å². The molecule has 178 valence electrons. The van der Waals surface area contributed by atoms with Crippen LogP contribution in [0.4, 0.5) is 33.3 Å². The summed E-state index contributed by atoms with van der Waals surface area (Å²) in [4.78, 5) is 26.2. The van der Waals surface area contributed by atoms with E-state index in [4.69, 9.17) is 4.74 Å². The number of anilines is 1. The van der Waals surface area contributed by atoms with E-state index in [2.05, 4.69) is 4.74 Å². The molecule has 33 heavy (non-hydrogen) atoms. The summed E-state index contributed by atoms with van der Waals surface area (Å²) in [7, 11) is 1.23. The largest absolute Gasteiger partial charge is 0.493 e. The van der Waals surface area contributed by atoms with Crippen LogP contribution in [0.1, 0.15) is 15.9 Å². The van der Waals surface area contributed by atoms with Gasteiger partial charge in [0, 0.05) is 32.2 Å². The van der Waals surface area contributed by atoms with Gasteiger partial charge in [-0.2, -0.15) is 22.0 Å². The van der Waals surface area contributed by atoms with E-state index in [9.17, 15) is 36.9 Å². The second-order valence-electron chi connectivity index (χ2n) is 6.95. The first kappa shape index (κ1) is 24.0. The van der Waals surface area contributed by atoms with E-state index in [1.165, 1.54) is 35.1 Å². The molecule has 0 saturated carbocycles. The molecule has 1 aliphatic heterocycles. The zero-order chi connectivity index (χ0) is 24.3. The Labute approximate surface area is 184 Å². The van der Waals surface area contributed by atoms with Crippen molar-refractivity contribution in [2.24, 2.45) is 0 Å². The Morgan fingerprint density at radius 2 is 1.79 bits per heavy atom. The summed E-state index contributed by atoms with van der Waals surface area (Å²) in [5.74, 6) is -1.09. The molecule has 3 rings (SSSR count). The van der Waals surface area contributed by atoms with Gasteiger partial charge in [-0.15, -0.1) is 0 Å². The molecule has 13 heteroatoms. The van der Waals surface area contributed by atoms with Crippen LogP contribution in [-0.4, -0.2) is 55.6 Å². The van der Waals surface area contributed by atoms with Crippen molar-refractivity contribution in [1.82, 2.24) is 4.90 Å². The molecule has 2 aromatic carbocycles. The smallest absolute Gasteiger partial charge is 0.416 e. The predicted molar refractivity (Wildman–Crippen MR) is 106 cm³/mol. The standard InChI is InChI=1S/C20H18F5N3O5/c1-32-16-4-2-3-13(17(16)33-19(21)22)18(29)27-9-7-26(8-10-27)14-6-5-12(20(23,24)25)11-15(14)28(30)31/h2-6,11,19H,7-10H2,1H3. The molecule has 1 heterocycles. The molecule has 0 aliphatic carbocycles. The van der Waals surface area contributed by atoms with Crippen molar-refractivity contribution in [3.8, 4) is 11.5 Å². The van der Waals surface area contributed by atoms with E-state index in [-0.39, 0.29) is 43.2 Å². The van der Waals surface area contributed by atoms with Crippen LogP contribution in [0.3, 0.4) is 0 Å². The fourth-order valence-electron chi connectivity index (χ4n) is 3.49. The highest BCUT2D eigenvalue weighted by molar-refractivity contribution is 5.98. The Balaban J connectivity index is 1.80. The molecule has 1 fully saturated rings. The topological polar surface area (TPSA) is 85.2 Å². The maximum absolute atomic E-state index is 12.9. The summed E-state index contributed by atoms with van der Waals surface area (Å²) in [5, 5.41) is 11.3. The summed E-state index contributed by atoms with van der Waals surface area (Å²) in [6.45, 7) is -2.95. The summed E-state index contributed by atoms with van der Waals surface area (Å²) in [5.41, 5.74) is -2.01. The number of nitro benzene ring substituents is 1. The van der Waals surface area contributed by atoms with Gasteiger partial charge in [-0.25, -0.2) is 0 Å². The number of halogens is 5. The normalized spacial score (nSPS) is 14.4. The van der Waals surface area contributed by atoms with Gasteiger partial charge in [-0.1, -0.05) is 6.07 Å². The third-order valence-corrected chi connectivity index (χ3v) is 5.04. The zero-order valence-electron chi connectivity index (χ0n) is 17.1. The van der Waals surface area contributed by atoms with Crippen LogP contribution < -0.4 is 14.4 Å². The molecule has 0 unspecified atom stereocenters. The molecule has 1 amide bonds. The summed E-state index contributed by atoms with van der Waals surface area (Å²) in [6.07, 6.45) is -4.73. The van der Waals surface area contributed by atoms with Crippen molar-refractivity contribution < 1.29 is 41.1 Å². The Kier molecular flexibility index (Phi) is 6.89. The lowest BCUT2D eigenvalue weighted by molar-refractivity contribution is -0.384. The Morgan fingerprint density at radius 3 is 2.33 bits per heavy atom. The lowest BCUT2D eigenvalue weighted by Gasteiger charge is -2.36. The number of benzene rings is 2. The monoisotopic (exact) mass is 475 g/mol. The number of carbonyl (C=O) groups is 1. The van der Waals surface area contributed by atoms with Crippen molar-refractivity contribution in [3.63, 3.8) is 0 Å². The minimum atomic E-state index is -4.73. The summed E-state index contributed by atoms with van der Waals surface area (Å²) in [6, 6.07) is 6.34. The number of alkyl halides is 5. The second kappa shape index (κ2) is 9.46. The number of rotatable bonds is 6. The molecule has 0 radical (unpaired) electrons. The fourth-order valence-corrected chi connectivity index (χ4v) is 3.49. The first-order valence-corrected chi connectivity index (χ1v) is 9.54.